The van der Waals surface area contributed by atoms with E-state index in [0.29, 0.717) is 32.3 Å². The van der Waals surface area contributed by atoms with E-state index in [2.05, 4.69) is 4.74 Å². The summed E-state index contributed by atoms with van der Waals surface area (Å²) in [7, 11) is 0. The van der Waals surface area contributed by atoms with Crippen LogP contribution in [0.4, 0.5) is 35.1 Å². The molecule has 6 nitrogen and oxygen atoms in total. The Morgan fingerprint density at radius 2 is 1.23 bits per heavy atom. The molecule has 1 fully saturated rings. The first kappa shape index (κ1) is 40.1. The topological polar surface area (TPSA) is 78.9 Å². The lowest BCUT2D eigenvalue weighted by molar-refractivity contribution is -0.221. The lowest BCUT2D eigenvalue weighted by Crippen LogP contribution is -2.36. The summed E-state index contributed by atoms with van der Waals surface area (Å²) in [5, 5.41) is 0. The maximum absolute atomic E-state index is 13.1. The molecule has 0 bridgehead atoms. The minimum Gasteiger partial charge on any atom is -0.463 e. The highest BCUT2D eigenvalue weighted by molar-refractivity contribution is 5.82. The molecule has 43 heavy (non-hydrogen) atoms. The van der Waals surface area contributed by atoms with Crippen molar-refractivity contribution >= 4 is 17.9 Å². The summed E-state index contributed by atoms with van der Waals surface area (Å²) in [5.74, 6) is -11.6. The maximum atomic E-state index is 13.1. The lowest BCUT2D eigenvalue weighted by atomic mass is 9.90. The maximum Gasteiger partial charge on any atom is 0.425 e. The Morgan fingerprint density at radius 1 is 0.814 bits per heavy atom. The number of alkyl halides is 3. The van der Waals surface area contributed by atoms with Crippen molar-refractivity contribution in [1.82, 2.24) is 0 Å². The summed E-state index contributed by atoms with van der Waals surface area (Å²) >= 11 is 0. The van der Waals surface area contributed by atoms with Crippen LogP contribution in [0.1, 0.15) is 99.5 Å². The summed E-state index contributed by atoms with van der Waals surface area (Å²) in [5.41, 5.74) is -2.13. The molecule has 3 atom stereocenters. The van der Waals surface area contributed by atoms with Crippen molar-refractivity contribution in [3.63, 3.8) is 0 Å². The number of hydrogen-bond acceptors (Lipinski definition) is 6. The molecule has 1 aromatic carbocycles. The Morgan fingerprint density at radius 3 is 1.58 bits per heavy atom. The van der Waals surface area contributed by atoms with E-state index < -0.39 is 81.7 Å². The van der Waals surface area contributed by atoms with Crippen LogP contribution in [0, 0.1) is 39.9 Å². The first-order valence-electron chi connectivity index (χ1n) is 13.7. The number of carbonyl (C=O) groups is 3. The Hall–Kier alpha value is -2.93. The molecular formula is C29H40F8O6. The Balaban J connectivity index is 0.000000616. The number of carbonyl (C=O) groups excluding carboxylic acids is 3. The van der Waals surface area contributed by atoms with Gasteiger partial charge in [-0.25, -0.2) is 26.7 Å². The Kier molecular flexibility index (Phi) is 15.1. The van der Waals surface area contributed by atoms with Crippen LogP contribution in [0.25, 0.3) is 0 Å². The van der Waals surface area contributed by atoms with Crippen molar-refractivity contribution in [3.8, 4) is 0 Å². The molecule has 3 unspecified atom stereocenters. The molecule has 0 spiro atoms. The van der Waals surface area contributed by atoms with E-state index in [1.807, 2.05) is 6.92 Å². The standard InChI is InChI=1S/C10H9F5.C10H16O4.C9H15F3O2/c1-3-4(2)5-6(11)8(13)10(15)9(14)7(5)12;1-4-10(2,3)9(12)14-7-5-6-13-8(7)11;1-5-8(3,4)7(13)14-6(2)9(10,11)12/h4H,3H2,1-2H3;7H,4-6H2,1-3H3;6H,5H2,1-4H3. The quantitative estimate of drug-likeness (QED) is 0.0944. The van der Waals surface area contributed by atoms with Crippen molar-refractivity contribution in [2.24, 2.45) is 10.8 Å². The van der Waals surface area contributed by atoms with Gasteiger partial charge in [-0.3, -0.25) is 9.59 Å². The molecular weight excluding hydrogens is 596 g/mol. The lowest BCUT2D eigenvalue weighted by Gasteiger charge is -2.24. The van der Waals surface area contributed by atoms with Gasteiger partial charge >= 0.3 is 24.1 Å². The third-order valence-electron chi connectivity index (χ3n) is 7.10. The van der Waals surface area contributed by atoms with Crippen molar-refractivity contribution in [2.75, 3.05) is 6.61 Å². The molecule has 0 amide bonds. The molecule has 0 radical (unpaired) electrons. The molecule has 2 rings (SSSR count). The van der Waals surface area contributed by atoms with Gasteiger partial charge in [0.05, 0.1) is 17.4 Å². The second-order valence-electron chi connectivity index (χ2n) is 11.2. The fourth-order valence-electron chi connectivity index (χ4n) is 2.81. The van der Waals surface area contributed by atoms with Crippen molar-refractivity contribution in [2.45, 2.75) is 112 Å². The normalized spacial score (nSPS) is 16.6. The monoisotopic (exact) mass is 636 g/mol. The average molecular weight is 637 g/mol. The van der Waals surface area contributed by atoms with Gasteiger partial charge in [-0.15, -0.1) is 0 Å². The summed E-state index contributed by atoms with van der Waals surface area (Å²) in [6.07, 6.45) is -5.32. The molecule has 1 aliphatic heterocycles. The molecule has 0 N–H and O–H groups in total. The van der Waals surface area contributed by atoms with Gasteiger partial charge in [-0.05, 0) is 59.8 Å². The van der Waals surface area contributed by atoms with E-state index in [9.17, 15) is 49.5 Å². The van der Waals surface area contributed by atoms with Gasteiger partial charge in [-0.1, -0.05) is 27.7 Å². The SMILES string of the molecule is CCC(C)(C)C(=O)OC(C)C(F)(F)F.CCC(C)(C)C(=O)OC1CCOC1=O.CCC(C)c1c(F)c(F)c(F)c(F)c1F. The second kappa shape index (κ2) is 16.2. The minimum absolute atomic E-state index is 0.290. The number of benzene rings is 1. The molecule has 1 aromatic rings. The largest absolute Gasteiger partial charge is 0.463 e. The van der Waals surface area contributed by atoms with Gasteiger partial charge in [0.25, 0.3) is 0 Å². The van der Waals surface area contributed by atoms with E-state index >= 15 is 0 Å². The predicted octanol–water partition coefficient (Wildman–Crippen LogP) is 8.09. The summed E-state index contributed by atoms with van der Waals surface area (Å²) < 4.78 is 114. The third kappa shape index (κ3) is 11.3. The second-order valence-corrected chi connectivity index (χ2v) is 11.2. The molecule has 0 aromatic heterocycles. The van der Waals surface area contributed by atoms with Crippen LogP contribution in [0.2, 0.25) is 0 Å². The molecule has 0 aliphatic carbocycles. The van der Waals surface area contributed by atoms with Crippen molar-refractivity contribution < 1.29 is 63.7 Å². The average Bonchev–Trinajstić information content (AvgIpc) is 3.34. The van der Waals surface area contributed by atoms with Gasteiger partial charge in [0.1, 0.15) is 0 Å². The van der Waals surface area contributed by atoms with Crippen LogP contribution in [-0.2, 0) is 28.6 Å². The molecule has 1 heterocycles. The summed E-state index contributed by atoms with van der Waals surface area (Å²) in [6.45, 7) is 14.5. The number of hydrogen-bond donors (Lipinski definition) is 0. The van der Waals surface area contributed by atoms with Gasteiger partial charge in [0.15, 0.2) is 29.4 Å². The highest BCUT2D eigenvalue weighted by atomic mass is 19.4. The Labute approximate surface area is 246 Å². The van der Waals surface area contributed by atoms with E-state index in [4.69, 9.17) is 9.47 Å². The van der Waals surface area contributed by atoms with Crippen LogP contribution in [0.3, 0.4) is 0 Å². The fourth-order valence-corrected chi connectivity index (χ4v) is 2.81. The highest BCUT2D eigenvalue weighted by Crippen LogP contribution is 2.30. The summed E-state index contributed by atoms with van der Waals surface area (Å²) in [4.78, 5) is 33.8. The van der Waals surface area contributed by atoms with Crippen LogP contribution in [0.5, 0.6) is 0 Å². The van der Waals surface area contributed by atoms with E-state index in [1.165, 1.54) is 6.92 Å². The van der Waals surface area contributed by atoms with Gasteiger partial charge in [0, 0.05) is 12.0 Å². The first-order chi connectivity index (χ1) is 19.5. The van der Waals surface area contributed by atoms with Crippen molar-refractivity contribution in [1.29, 1.82) is 0 Å². The van der Waals surface area contributed by atoms with Crippen LogP contribution < -0.4 is 0 Å². The van der Waals surface area contributed by atoms with Gasteiger partial charge in [-0.2, -0.15) is 13.2 Å². The van der Waals surface area contributed by atoms with Crippen molar-refractivity contribution in [3.05, 3.63) is 34.6 Å². The van der Waals surface area contributed by atoms with E-state index in [-0.39, 0.29) is 5.97 Å². The van der Waals surface area contributed by atoms with Crippen LogP contribution in [0.15, 0.2) is 0 Å². The Bertz CT molecular complexity index is 1090. The first-order valence-corrected chi connectivity index (χ1v) is 13.7. The molecule has 1 saturated heterocycles. The molecule has 1 aliphatic rings. The number of ether oxygens (including phenoxy) is 3. The zero-order chi connectivity index (χ0) is 34.1. The van der Waals surface area contributed by atoms with E-state index in [1.54, 1.807) is 41.5 Å². The van der Waals surface area contributed by atoms with Gasteiger partial charge < -0.3 is 14.2 Å². The molecule has 14 heteroatoms. The smallest absolute Gasteiger partial charge is 0.425 e. The van der Waals surface area contributed by atoms with Crippen LogP contribution in [-0.4, -0.2) is 42.9 Å². The minimum atomic E-state index is -4.49. The molecule has 0 saturated carbocycles. The summed E-state index contributed by atoms with van der Waals surface area (Å²) in [6, 6.07) is 0. The number of halogens is 8. The van der Waals surface area contributed by atoms with Gasteiger partial charge in [0.2, 0.25) is 11.9 Å². The molecule has 248 valence electrons. The highest BCUT2D eigenvalue weighted by Gasteiger charge is 2.41. The van der Waals surface area contributed by atoms with E-state index in [0.717, 1.165) is 6.92 Å². The third-order valence-corrected chi connectivity index (χ3v) is 7.10. The zero-order valence-electron chi connectivity index (χ0n) is 25.7. The fraction of sp³-hybridized carbons (Fsp3) is 0.690. The number of esters is 3. The number of rotatable bonds is 8. The predicted molar refractivity (Wildman–Crippen MR) is 140 cm³/mol. The number of cyclic esters (lactones) is 1. The zero-order valence-corrected chi connectivity index (χ0v) is 25.7. The van der Waals surface area contributed by atoms with Crippen LogP contribution >= 0.6 is 0 Å².